The minimum atomic E-state index is -9.74. The van der Waals surface area contributed by atoms with Gasteiger partial charge in [-0.1, -0.05) is 36.7 Å². The molecule has 0 saturated heterocycles. The molecule has 29 heavy (non-hydrogen) atoms. The Morgan fingerprint density at radius 3 is 2.10 bits per heavy atom. The average Bonchev–Trinajstić information content (AvgIpc) is 3.11. The molecule has 0 aliphatic rings. The van der Waals surface area contributed by atoms with Crippen LogP contribution in [0.25, 0.3) is 11.5 Å². The van der Waals surface area contributed by atoms with Gasteiger partial charge in [0.15, 0.2) is 0 Å². The molecule has 0 saturated carbocycles. The van der Waals surface area contributed by atoms with Gasteiger partial charge in [0.25, 0.3) is 0 Å². The Hall–Kier alpha value is -3.15. The Bertz CT molecular complexity index is 1050. The molecule has 2 aromatic carbocycles. The van der Waals surface area contributed by atoms with E-state index in [4.69, 9.17) is 9.52 Å². The fourth-order valence-corrected chi connectivity index (χ4v) is 3.09. The third-order valence-corrected chi connectivity index (χ3v) is 5.07. The first-order valence-corrected chi connectivity index (χ1v) is 9.89. The first-order valence-electron chi connectivity index (χ1n) is 7.94. The number of nitrogens with zero attached hydrogens (tertiary/aromatic N) is 3. The number of halogens is 5. The molecule has 1 aromatic heterocycles. The number of anilines is 1. The van der Waals surface area contributed by atoms with Crippen molar-refractivity contribution < 1.29 is 33.7 Å². The molecule has 3 aromatic rings. The zero-order chi connectivity index (χ0) is 21.5. The van der Waals surface area contributed by atoms with Crippen molar-refractivity contribution in [3.63, 3.8) is 0 Å². The first kappa shape index (κ1) is 20.6. The number of hydrogen-bond donors (Lipinski definition) is 1. The monoisotopic (exact) mass is 435 g/mol. The van der Waals surface area contributed by atoms with E-state index in [0.29, 0.717) is 0 Å². The van der Waals surface area contributed by atoms with Crippen LogP contribution in [0.1, 0.15) is 15.9 Å². The van der Waals surface area contributed by atoms with Crippen molar-refractivity contribution in [1.82, 2.24) is 10.2 Å². The molecular formula is C17H14F5N3O3S. The molecule has 0 fully saturated rings. The van der Waals surface area contributed by atoms with E-state index in [1.54, 1.807) is 19.2 Å². The second-order valence-corrected chi connectivity index (χ2v) is 8.65. The van der Waals surface area contributed by atoms with E-state index >= 15 is 0 Å². The van der Waals surface area contributed by atoms with Crippen LogP contribution in [0.5, 0.6) is 0 Å². The quantitative estimate of drug-likeness (QED) is 0.498. The van der Waals surface area contributed by atoms with Crippen molar-refractivity contribution in [2.75, 3.05) is 11.9 Å². The summed E-state index contributed by atoms with van der Waals surface area (Å²) in [6.07, 6.45) is 0. The Morgan fingerprint density at radius 2 is 1.59 bits per heavy atom. The molecule has 0 spiro atoms. The van der Waals surface area contributed by atoms with Gasteiger partial charge in [0, 0.05) is 19.2 Å². The zero-order valence-corrected chi connectivity index (χ0v) is 15.5. The number of benzene rings is 2. The van der Waals surface area contributed by atoms with Crippen molar-refractivity contribution in [2.24, 2.45) is 0 Å². The van der Waals surface area contributed by atoms with Crippen LogP contribution in [-0.4, -0.2) is 28.3 Å². The summed E-state index contributed by atoms with van der Waals surface area (Å²) in [4.78, 5) is 10.4. The van der Waals surface area contributed by atoms with Crippen LogP contribution in [0.2, 0.25) is 0 Å². The Morgan fingerprint density at radius 1 is 1.00 bits per heavy atom. The summed E-state index contributed by atoms with van der Waals surface area (Å²) < 4.78 is 69.3. The second kappa shape index (κ2) is 6.17. The van der Waals surface area contributed by atoms with Gasteiger partial charge in [0.1, 0.15) is 4.90 Å². The molecule has 0 unspecified atom stereocenters. The number of aromatic nitrogens is 2. The zero-order valence-electron chi connectivity index (χ0n) is 14.7. The van der Waals surface area contributed by atoms with Crippen molar-refractivity contribution in [3.8, 4) is 11.5 Å². The maximum atomic E-state index is 12.8. The Labute approximate surface area is 161 Å². The van der Waals surface area contributed by atoms with Crippen molar-refractivity contribution >= 4 is 22.2 Å². The molecule has 156 valence electrons. The van der Waals surface area contributed by atoms with Crippen LogP contribution < -0.4 is 4.90 Å². The highest BCUT2D eigenvalue weighted by Crippen LogP contribution is 3.02. The Balaban J connectivity index is 1.76. The van der Waals surface area contributed by atoms with Crippen molar-refractivity contribution in [1.29, 1.82) is 0 Å². The standard InChI is InChI=1S/C17H14F5N3O3S/c1-25(10-11-2-4-13(5-3-11)16(26)27)17-24-23-15(28-17)12-6-8-14(9-7-12)29(18,19,20,21)22/h2-9H,10H2,1H3,(H,26,27). The van der Waals surface area contributed by atoms with E-state index < -0.39 is 21.1 Å². The molecule has 0 bridgehead atoms. The van der Waals surface area contributed by atoms with Crippen LogP contribution in [-0.2, 0) is 6.54 Å². The fourth-order valence-electron chi connectivity index (χ4n) is 2.44. The second-order valence-electron chi connectivity index (χ2n) is 6.24. The summed E-state index contributed by atoms with van der Waals surface area (Å²) >= 11 is 0. The number of aromatic carboxylic acids is 1. The lowest BCUT2D eigenvalue weighted by molar-refractivity contribution is 0.0696. The van der Waals surface area contributed by atoms with Crippen LogP contribution in [0.15, 0.2) is 57.8 Å². The molecule has 0 radical (unpaired) electrons. The SMILES string of the molecule is CN(Cc1ccc(C(=O)O)cc1)c1nnc(-c2ccc(S(F)(F)(F)(F)F)cc2)o1. The molecule has 0 aliphatic carbocycles. The first-order chi connectivity index (χ1) is 13.2. The molecule has 12 heteroatoms. The van der Waals surface area contributed by atoms with Crippen molar-refractivity contribution in [3.05, 3.63) is 59.7 Å². The third-order valence-electron chi connectivity index (χ3n) is 3.91. The number of carboxylic acids is 1. The van der Waals surface area contributed by atoms with Crippen LogP contribution >= 0.6 is 10.2 Å². The maximum Gasteiger partial charge on any atom is 0.335 e. The van der Waals surface area contributed by atoms with Gasteiger partial charge in [-0.05, 0) is 42.0 Å². The van der Waals surface area contributed by atoms with Crippen molar-refractivity contribution in [2.45, 2.75) is 11.4 Å². The minimum absolute atomic E-state index is 0.0408. The molecule has 1 N–H and O–H groups in total. The van der Waals surface area contributed by atoms with Crippen LogP contribution in [0.4, 0.5) is 25.4 Å². The highest BCUT2D eigenvalue weighted by atomic mass is 32.5. The highest BCUT2D eigenvalue weighted by Gasteiger charge is 2.65. The Kier molecular flexibility index (Phi) is 4.38. The molecule has 0 aliphatic heterocycles. The minimum Gasteiger partial charge on any atom is -0.478 e. The van der Waals surface area contributed by atoms with Crippen LogP contribution in [0.3, 0.4) is 0 Å². The smallest absolute Gasteiger partial charge is 0.335 e. The van der Waals surface area contributed by atoms with Gasteiger partial charge in [-0.2, -0.15) is 0 Å². The van der Waals surface area contributed by atoms with Gasteiger partial charge >= 0.3 is 22.2 Å². The predicted octanol–water partition coefficient (Wildman–Crippen LogP) is 5.73. The lowest BCUT2D eigenvalue weighted by Crippen LogP contribution is -2.16. The molecule has 6 nitrogen and oxygen atoms in total. The van der Waals surface area contributed by atoms with Crippen LogP contribution in [0, 0.1) is 0 Å². The topological polar surface area (TPSA) is 79.5 Å². The maximum absolute atomic E-state index is 12.8. The van der Waals surface area contributed by atoms with E-state index in [-0.39, 0.29) is 41.7 Å². The summed E-state index contributed by atoms with van der Waals surface area (Å²) in [5, 5.41) is 16.4. The molecule has 0 amide bonds. The number of carboxylic acid groups (broad SMARTS) is 1. The fraction of sp³-hybridized carbons (Fsp3) is 0.118. The van der Waals surface area contributed by atoms with E-state index in [0.717, 1.165) is 17.7 Å². The summed E-state index contributed by atoms with van der Waals surface area (Å²) in [6.45, 7) is 0.282. The summed E-state index contributed by atoms with van der Waals surface area (Å²) in [7, 11) is -8.13. The summed E-state index contributed by atoms with van der Waals surface area (Å²) in [5.74, 6) is -1.19. The molecular weight excluding hydrogens is 421 g/mol. The summed E-state index contributed by atoms with van der Waals surface area (Å²) in [5.41, 5.74) is 0.928. The molecule has 1 heterocycles. The third kappa shape index (κ3) is 4.83. The summed E-state index contributed by atoms with van der Waals surface area (Å²) in [6, 6.07) is 8.33. The average molecular weight is 435 g/mol. The normalized spacial score (nSPS) is 14.1. The van der Waals surface area contributed by atoms with Gasteiger partial charge < -0.3 is 14.4 Å². The van der Waals surface area contributed by atoms with E-state index in [1.807, 2.05) is 0 Å². The van der Waals surface area contributed by atoms with Gasteiger partial charge in [0.2, 0.25) is 5.89 Å². The number of hydrogen-bond acceptors (Lipinski definition) is 5. The van der Waals surface area contributed by atoms with Gasteiger partial charge in [-0.25, -0.2) is 4.79 Å². The van der Waals surface area contributed by atoms with E-state index in [2.05, 4.69) is 10.2 Å². The molecule has 3 rings (SSSR count). The van der Waals surface area contributed by atoms with Gasteiger partial charge in [0.05, 0.1) is 5.56 Å². The highest BCUT2D eigenvalue weighted by molar-refractivity contribution is 8.45. The van der Waals surface area contributed by atoms with E-state index in [1.165, 1.54) is 17.0 Å². The number of rotatable bonds is 6. The predicted molar refractivity (Wildman–Crippen MR) is 96.6 cm³/mol. The van der Waals surface area contributed by atoms with E-state index in [9.17, 15) is 24.2 Å². The van der Waals surface area contributed by atoms with Gasteiger partial charge in [-0.15, -0.1) is 5.10 Å². The lowest BCUT2D eigenvalue weighted by atomic mass is 10.1. The lowest BCUT2D eigenvalue weighted by Gasteiger charge is -2.40. The molecule has 0 atom stereocenters. The number of carbonyl (C=O) groups is 1. The van der Waals surface area contributed by atoms with Gasteiger partial charge in [-0.3, -0.25) is 0 Å². The largest absolute Gasteiger partial charge is 0.478 e.